The Labute approximate surface area is 111 Å². The molecule has 2 rings (SSSR count). The van der Waals surface area contributed by atoms with Crippen LogP contribution in [0.1, 0.15) is 36.8 Å². The van der Waals surface area contributed by atoms with Crippen molar-refractivity contribution in [3.63, 3.8) is 0 Å². The molecular formula is C15H19F3O. The summed E-state index contributed by atoms with van der Waals surface area (Å²) in [5.74, 6) is -3.02. The van der Waals surface area contributed by atoms with Crippen molar-refractivity contribution in [3.8, 4) is 0 Å². The minimum atomic E-state index is -2.58. The van der Waals surface area contributed by atoms with Crippen LogP contribution in [0.5, 0.6) is 0 Å². The number of aliphatic hydroxyl groups is 1. The fourth-order valence-electron chi connectivity index (χ4n) is 2.70. The van der Waals surface area contributed by atoms with Crippen LogP contribution in [0.15, 0.2) is 18.2 Å². The van der Waals surface area contributed by atoms with Gasteiger partial charge in [-0.15, -0.1) is 0 Å². The molecule has 19 heavy (non-hydrogen) atoms. The number of halogens is 3. The maximum atomic E-state index is 13.2. The molecule has 0 aliphatic heterocycles. The third-order valence-electron chi connectivity index (χ3n) is 4.05. The molecule has 0 heterocycles. The largest absolute Gasteiger partial charge is 0.392 e. The van der Waals surface area contributed by atoms with Gasteiger partial charge in [0.05, 0.1) is 6.10 Å². The molecule has 0 radical (unpaired) electrons. The molecular weight excluding hydrogens is 253 g/mol. The average molecular weight is 272 g/mol. The maximum Gasteiger partial charge on any atom is 0.248 e. The highest BCUT2D eigenvalue weighted by Crippen LogP contribution is 2.38. The van der Waals surface area contributed by atoms with Gasteiger partial charge in [-0.3, -0.25) is 0 Å². The standard InChI is InChI=1S/C15H19F3O/c1-10-2-3-13(16)8-12(10)9-14(19)11-4-6-15(17,18)7-5-11/h2-3,8,11,14,19H,4-7,9H2,1H3. The van der Waals surface area contributed by atoms with E-state index in [1.807, 2.05) is 6.92 Å². The van der Waals surface area contributed by atoms with Crippen molar-refractivity contribution in [2.24, 2.45) is 5.92 Å². The molecule has 0 amide bonds. The first-order valence-electron chi connectivity index (χ1n) is 6.68. The van der Waals surface area contributed by atoms with Crippen molar-refractivity contribution >= 4 is 0 Å². The molecule has 1 aliphatic rings. The van der Waals surface area contributed by atoms with Gasteiger partial charge in [0.15, 0.2) is 0 Å². The van der Waals surface area contributed by atoms with E-state index in [1.54, 1.807) is 6.07 Å². The Kier molecular flexibility index (Phi) is 4.19. The monoisotopic (exact) mass is 272 g/mol. The predicted octanol–water partition coefficient (Wildman–Crippen LogP) is 3.86. The first kappa shape index (κ1) is 14.4. The van der Waals surface area contributed by atoms with E-state index in [-0.39, 0.29) is 24.6 Å². The highest BCUT2D eigenvalue weighted by molar-refractivity contribution is 5.27. The average Bonchev–Trinajstić information content (AvgIpc) is 2.33. The number of rotatable bonds is 3. The Morgan fingerprint density at radius 3 is 2.58 bits per heavy atom. The van der Waals surface area contributed by atoms with Crippen LogP contribution in [-0.4, -0.2) is 17.1 Å². The Hall–Kier alpha value is -1.03. The zero-order valence-electron chi connectivity index (χ0n) is 11.0. The molecule has 0 aromatic heterocycles. The van der Waals surface area contributed by atoms with Gasteiger partial charge >= 0.3 is 0 Å². The number of aryl methyl sites for hydroxylation is 1. The summed E-state index contributed by atoms with van der Waals surface area (Å²) in [5, 5.41) is 10.1. The molecule has 1 N–H and O–H groups in total. The minimum Gasteiger partial charge on any atom is -0.392 e. The van der Waals surface area contributed by atoms with E-state index in [9.17, 15) is 18.3 Å². The zero-order chi connectivity index (χ0) is 14.0. The van der Waals surface area contributed by atoms with Crippen molar-refractivity contribution < 1.29 is 18.3 Å². The lowest BCUT2D eigenvalue weighted by atomic mass is 9.81. The topological polar surface area (TPSA) is 20.2 Å². The van der Waals surface area contributed by atoms with E-state index in [0.29, 0.717) is 19.3 Å². The summed E-state index contributed by atoms with van der Waals surface area (Å²) in [4.78, 5) is 0. The maximum absolute atomic E-state index is 13.2. The fourth-order valence-corrected chi connectivity index (χ4v) is 2.70. The third-order valence-corrected chi connectivity index (χ3v) is 4.05. The lowest BCUT2D eigenvalue weighted by Gasteiger charge is -2.31. The van der Waals surface area contributed by atoms with Gasteiger partial charge in [0.2, 0.25) is 5.92 Å². The summed E-state index contributed by atoms with van der Waals surface area (Å²) in [7, 11) is 0. The van der Waals surface area contributed by atoms with Crippen LogP contribution >= 0.6 is 0 Å². The Morgan fingerprint density at radius 1 is 1.32 bits per heavy atom. The normalized spacial score (nSPS) is 21.3. The molecule has 1 atom stereocenters. The van der Waals surface area contributed by atoms with Gasteiger partial charge in [-0.05, 0) is 55.4 Å². The van der Waals surface area contributed by atoms with E-state index < -0.39 is 12.0 Å². The molecule has 1 aromatic rings. The van der Waals surface area contributed by atoms with Gasteiger partial charge in [0, 0.05) is 12.8 Å². The third kappa shape index (κ3) is 3.72. The molecule has 1 aliphatic carbocycles. The van der Waals surface area contributed by atoms with Crippen LogP contribution in [0.25, 0.3) is 0 Å². The summed E-state index contributed by atoms with van der Waals surface area (Å²) >= 11 is 0. The molecule has 0 bridgehead atoms. The summed E-state index contributed by atoms with van der Waals surface area (Å²) in [5.41, 5.74) is 1.67. The van der Waals surface area contributed by atoms with E-state index >= 15 is 0 Å². The Balaban J connectivity index is 1.98. The van der Waals surface area contributed by atoms with Gasteiger partial charge in [-0.25, -0.2) is 13.2 Å². The van der Waals surface area contributed by atoms with E-state index in [2.05, 4.69) is 0 Å². The molecule has 0 saturated heterocycles. The highest BCUT2D eigenvalue weighted by atomic mass is 19.3. The first-order chi connectivity index (χ1) is 8.87. The SMILES string of the molecule is Cc1ccc(F)cc1CC(O)C1CCC(F)(F)CC1. The second kappa shape index (κ2) is 5.53. The second-order valence-electron chi connectivity index (χ2n) is 5.54. The van der Waals surface area contributed by atoms with Crippen LogP contribution in [0.2, 0.25) is 0 Å². The smallest absolute Gasteiger partial charge is 0.248 e. The fraction of sp³-hybridized carbons (Fsp3) is 0.600. The van der Waals surface area contributed by atoms with Crippen LogP contribution in [0, 0.1) is 18.7 Å². The molecule has 1 unspecified atom stereocenters. The summed E-state index contributed by atoms with van der Waals surface area (Å²) in [6.07, 6.45) is 0.0233. The number of aliphatic hydroxyl groups excluding tert-OH is 1. The van der Waals surface area contributed by atoms with Crippen LogP contribution in [0.3, 0.4) is 0 Å². The van der Waals surface area contributed by atoms with Crippen molar-refractivity contribution in [1.29, 1.82) is 0 Å². The van der Waals surface area contributed by atoms with Gasteiger partial charge < -0.3 is 5.11 Å². The van der Waals surface area contributed by atoms with Crippen LogP contribution in [0.4, 0.5) is 13.2 Å². The lowest BCUT2D eigenvalue weighted by Crippen LogP contribution is -2.32. The number of hydrogen-bond acceptors (Lipinski definition) is 1. The van der Waals surface area contributed by atoms with Crippen molar-refractivity contribution in [2.75, 3.05) is 0 Å². The quantitative estimate of drug-likeness (QED) is 0.885. The van der Waals surface area contributed by atoms with Gasteiger partial charge in [-0.1, -0.05) is 6.07 Å². The van der Waals surface area contributed by atoms with E-state index in [0.717, 1.165) is 11.1 Å². The van der Waals surface area contributed by atoms with Crippen LogP contribution in [-0.2, 0) is 6.42 Å². The molecule has 4 heteroatoms. The number of hydrogen-bond donors (Lipinski definition) is 1. The molecule has 1 aromatic carbocycles. The van der Waals surface area contributed by atoms with Gasteiger partial charge in [0.25, 0.3) is 0 Å². The van der Waals surface area contributed by atoms with Crippen molar-refractivity contribution in [3.05, 3.63) is 35.1 Å². The highest BCUT2D eigenvalue weighted by Gasteiger charge is 2.37. The Morgan fingerprint density at radius 2 is 1.95 bits per heavy atom. The van der Waals surface area contributed by atoms with Crippen molar-refractivity contribution in [2.45, 2.75) is 51.1 Å². The molecule has 0 spiro atoms. The summed E-state index contributed by atoms with van der Waals surface area (Å²) in [6.45, 7) is 1.86. The van der Waals surface area contributed by atoms with E-state index in [4.69, 9.17) is 0 Å². The summed E-state index contributed by atoms with van der Waals surface area (Å²) in [6, 6.07) is 4.47. The van der Waals surface area contributed by atoms with Crippen molar-refractivity contribution in [1.82, 2.24) is 0 Å². The molecule has 1 nitrogen and oxygen atoms in total. The number of benzene rings is 1. The predicted molar refractivity (Wildman–Crippen MR) is 67.8 cm³/mol. The molecule has 1 fully saturated rings. The minimum absolute atomic E-state index is 0.109. The summed E-state index contributed by atoms with van der Waals surface area (Å²) < 4.78 is 39.3. The zero-order valence-corrected chi connectivity index (χ0v) is 11.0. The second-order valence-corrected chi connectivity index (χ2v) is 5.54. The van der Waals surface area contributed by atoms with E-state index in [1.165, 1.54) is 12.1 Å². The van der Waals surface area contributed by atoms with Gasteiger partial charge in [0.1, 0.15) is 5.82 Å². The lowest BCUT2D eigenvalue weighted by molar-refractivity contribution is -0.0619. The first-order valence-corrected chi connectivity index (χ1v) is 6.68. The van der Waals surface area contributed by atoms with Gasteiger partial charge in [-0.2, -0.15) is 0 Å². The Bertz CT molecular complexity index is 435. The molecule has 1 saturated carbocycles. The van der Waals surface area contributed by atoms with Crippen LogP contribution < -0.4 is 0 Å². The number of alkyl halides is 2. The molecule has 106 valence electrons.